The number of nitrogens with two attached hydrogens (primary N) is 1. The molecule has 0 spiro atoms. The quantitative estimate of drug-likeness (QED) is 0.875. The first kappa shape index (κ1) is 11.7. The van der Waals surface area contributed by atoms with E-state index in [1.54, 1.807) is 6.07 Å². The number of thiophene rings is 1. The number of nitrogen functional groups attached to an aromatic ring is 1. The second-order valence-electron chi connectivity index (χ2n) is 3.86. The topological polar surface area (TPSA) is 63.3 Å². The molecular weight excluding hydrogens is 234 g/mol. The molecular formula is C13H13NO2S. The highest BCUT2D eigenvalue weighted by atomic mass is 32.1. The largest absolute Gasteiger partial charge is 0.478 e. The highest BCUT2D eigenvalue weighted by Gasteiger charge is 2.17. The van der Waals surface area contributed by atoms with Crippen LogP contribution in [0.5, 0.6) is 0 Å². The molecule has 2 aromatic rings. The first-order chi connectivity index (χ1) is 8.09. The Morgan fingerprint density at radius 2 is 2.00 bits per heavy atom. The number of rotatable bonds is 3. The fraction of sp³-hybridized carbons (Fsp3) is 0.154. The summed E-state index contributed by atoms with van der Waals surface area (Å²) < 4.78 is 0. The number of aromatic carboxylic acids is 1. The summed E-state index contributed by atoms with van der Waals surface area (Å²) in [6.07, 6.45) is 0. The lowest BCUT2D eigenvalue weighted by molar-refractivity contribution is 0.0698. The second-order valence-corrected chi connectivity index (χ2v) is 4.98. The fourth-order valence-electron chi connectivity index (χ4n) is 1.71. The number of carbonyl (C=O) groups is 1. The van der Waals surface area contributed by atoms with Gasteiger partial charge in [0.25, 0.3) is 0 Å². The van der Waals surface area contributed by atoms with Gasteiger partial charge in [0, 0.05) is 10.8 Å². The van der Waals surface area contributed by atoms with Gasteiger partial charge in [-0.15, -0.1) is 11.3 Å². The summed E-state index contributed by atoms with van der Waals surface area (Å²) in [5, 5.41) is 9.33. The molecule has 4 heteroatoms. The molecule has 1 heterocycles. The third-order valence-electron chi connectivity index (χ3n) is 2.74. The van der Waals surface area contributed by atoms with Crippen molar-refractivity contribution in [1.82, 2.24) is 0 Å². The van der Waals surface area contributed by atoms with Crippen LogP contribution in [0.25, 0.3) is 0 Å². The van der Waals surface area contributed by atoms with Gasteiger partial charge in [-0.1, -0.05) is 37.3 Å². The van der Waals surface area contributed by atoms with Crippen LogP contribution in [0.1, 0.15) is 33.6 Å². The van der Waals surface area contributed by atoms with Crippen molar-refractivity contribution in [1.29, 1.82) is 0 Å². The Kier molecular flexibility index (Phi) is 3.15. The molecule has 0 aliphatic carbocycles. The van der Waals surface area contributed by atoms with Crippen molar-refractivity contribution < 1.29 is 9.90 Å². The third-order valence-corrected chi connectivity index (χ3v) is 3.88. The molecule has 0 radical (unpaired) electrons. The molecule has 88 valence electrons. The van der Waals surface area contributed by atoms with Crippen LogP contribution in [-0.2, 0) is 0 Å². The van der Waals surface area contributed by atoms with Gasteiger partial charge in [-0.3, -0.25) is 0 Å². The lowest BCUT2D eigenvalue weighted by atomic mass is 9.99. The molecule has 2 rings (SSSR count). The minimum atomic E-state index is -0.967. The Morgan fingerprint density at radius 1 is 1.35 bits per heavy atom. The Balaban J connectivity index is 2.35. The summed E-state index contributed by atoms with van der Waals surface area (Å²) in [7, 11) is 0. The zero-order valence-corrected chi connectivity index (χ0v) is 10.2. The molecule has 17 heavy (non-hydrogen) atoms. The molecule has 1 aromatic heterocycles. The van der Waals surface area contributed by atoms with Gasteiger partial charge < -0.3 is 10.8 Å². The van der Waals surface area contributed by atoms with E-state index in [1.807, 2.05) is 37.3 Å². The van der Waals surface area contributed by atoms with Gasteiger partial charge in [-0.05, 0) is 11.6 Å². The van der Waals surface area contributed by atoms with Crippen LogP contribution in [0, 0.1) is 0 Å². The van der Waals surface area contributed by atoms with E-state index in [1.165, 1.54) is 11.3 Å². The van der Waals surface area contributed by atoms with Gasteiger partial charge in [-0.25, -0.2) is 4.79 Å². The Morgan fingerprint density at radius 3 is 2.53 bits per heavy atom. The van der Waals surface area contributed by atoms with Crippen LogP contribution in [0.15, 0.2) is 36.4 Å². The van der Waals surface area contributed by atoms with E-state index in [-0.39, 0.29) is 11.5 Å². The first-order valence-corrected chi connectivity index (χ1v) is 6.08. The maximum atomic E-state index is 10.9. The number of hydrogen-bond donors (Lipinski definition) is 2. The summed E-state index contributed by atoms with van der Waals surface area (Å²) >= 11 is 1.34. The summed E-state index contributed by atoms with van der Waals surface area (Å²) in [5.41, 5.74) is 7.06. The van der Waals surface area contributed by atoms with Crippen molar-refractivity contribution in [3.8, 4) is 0 Å². The van der Waals surface area contributed by atoms with Crippen molar-refractivity contribution in [2.75, 3.05) is 5.73 Å². The fourth-order valence-corrected chi connectivity index (χ4v) is 2.71. The van der Waals surface area contributed by atoms with Crippen LogP contribution < -0.4 is 5.73 Å². The maximum absolute atomic E-state index is 10.9. The normalized spacial score (nSPS) is 12.3. The summed E-state index contributed by atoms with van der Waals surface area (Å²) in [4.78, 5) is 11.9. The van der Waals surface area contributed by atoms with E-state index in [0.717, 1.165) is 10.4 Å². The minimum Gasteiger partial charge on any atom is -0.478 e. The van der Waals surface area contributed by atoms with Crippen molar-refractivity contribution >= 4 is 22.3 Å². The predicted octanol–water partition coefficient (Wildman–Crippen LogP) is 3.18. The van der Waals surface area contributed by atoms with Crippen LogP contribution in [0.4, 0.5) is 5.00 Å². The highest BCUT2D eigenvalue weighted by Crippen LogP contribution is 2.34. The van der Waals surface area contributed by atoms with Crippen molar-refractivity contribution in [3.63, 3.8) is 0 Å². The number of carboxylic acids is 1. The zero-order chi connectivity index (χ0) is 12.4. The van der Waals surface area contributed by atoms with Gasteiger partial charge in [0.05, 0.1) is 5.56 Å². The second kappa shape index (κ2) is 4.59. The van der Waals surface area contributed by atoms with E-state index in [4.69, 9.17) is 10.8 Å². The molecule has 0 amide bonds. The molecule has 1 aromatic carbocycles. The average Bonchev–Trinajstić information content (AvgIpc) is 2.71. The Bertz CT molecular complexity index is 534. The smallest absolute Gasteiger partial charge is 0.338 e. The monoisotopic (exact) mass is 247 g/mol. The summed E-state index contributed by atoms with van der Waals surface area (Å²) in [5.74, 6) is -0.804. The standard InChI is InChI=1S/C13H13NO2S/c1-8(9-5-3-2-4-6-9)11-7-10(13(15)16)12(14)17-11/h2-8H,14H2,1H3,(H,15,16). The molecule has 3 nitrogen and oxygen atoms in total. The molecule has 1 unspecified atom stereocenters. The van der Waals surface area contributed by atoms with Gasteiger partial charge in [0.2, 0.25) is 0 Å². The number of carboxylic acid groups (broad SMARTS) is 1. The van der Waals surface area contributed by atoms with Crippen molar-refractivity contribution in [3.05, 3.63) is 52.4 Å². The predicted molar refractivity (Wildman–Crippen MR) is 69.6 cm³/mol. The van der Waals surface area contributed by atoms with Crippen molar-refractivity contribution in [2.45, 2.75) is 12.8 Å². The molecule has 3 N–H and O–H groups in total. The molecule has 0 aliphatic rings. The van der Waals surface area contributed by atoms with Crippen LogP contribution >= 0.6 is 11.3 Å². The van der Waals surface area contributed by atoms with E-state index in [2.05, 4.69) is 0 Å². The Hall–Kier alpha value is -1.81. The number of hydrogen-bond acceptors (Lipinski definition) is 3. The Labute approximate surface area is 104 Å². The van der Waals surface area contributed by atoms with Gasteiger partial charge in [0.15, 0.2) is 0 Å². The van der Waals surface area contributed by atoms with Gasteiger partial charge in [0.1, 0.15) is 5.00 Å². The lowest BCUT2D eigenvalue weighted by Crippen LogP contribution is -1.97. The zero-order valence-electron chi connectivity index (χ0n) is 9.38. The van der Waals surface area contributed by atoms with E-state index in [0.29, 0.717) is 5.00 Å². The molecule has 1 atom stereocenters. The molecule has 0 saturated heterocycles. The third kappa shape index (κ3) is 2.31. The number of benzene rings is 1. The van der Waals surface area contributed by atoms with Crippen LogP contribution in [-0.4, -0.2) is 11.1 Å². The lowest BCUT2D eigenvalue weighted by Gasteiger charge is -2.08. The van der Waals surface area contributed by atoms with E-state index >= 15 is 0 Å². The first-order valence-electron chi connectivity index (χ1n) is 5.27. The number of anilines is 1. The average molecular weight is 247 g/mol. The maximum Gasteiger partial charge on any atom is 0.338 e. The van der Waals surface area contributed by atoms with E-state index < -0.39 is 5.97 Å². The van der Waals surface area contributed by atoms with Crippen molar-refractivity contribution in [2.24, 2.45) is 0 Å². The summed E-state index contributed by atoms with van der Waals surface area (Å²) in [6, 6.07) is 11.6. The van der Waals surface area contributed by atoms with Gasteiger partial charge in [-0.2, -0.15) is 0 Å². The van der Waals surface area contributed by atoms with E-state index in [9.17, 15) is 4.79 Å². The minimum absolute atomic E-state index is 0.164. The highest BCUT2D eigenvalue weighted by molar-refractivity contribution is 7.16. The SMILES string of the molecule is CC(c1ccccc1)c1cc(C(=O)O)c(N)s1. The van der Waals surface area contributed by atoms with Crippen LogP contribution in [0.3, 0.4) is 0 Å². The molecule has 0 fully saturated rings. The molecule has 0 bridgehead atoms. The van der Waals surface area contributed by atoms with Crippen LogP contribution in [0.2, 0.25) is 0 Å². The van der Waals surface area contributed by atoms with Gasteiger partial charge >= 0.3 is 5.97 Å². The summed E-state index contributed by atoms with van der Waals surface area (Å²) in [6.45, 7) is 2.05. The molecule has 0 saturated carbocycles. The molecule has 0 aliphatic heterocycles.